The molecular formula is C13H21NO3. The van der Waals surface area contributed by atoms with Crippen molar-refractivity contribution in [3.63, 3.8) is 0 Å². The third-order valence-corrected chi connectivity index (χ3v) is 2.60. The van der Waals surface area contributed by atoms with Gasteiger partial charge >= 0.3 is 5.97 Å². The standard InChI is InChI=1S/C13H21NO3/c1-5-17-12(15)11-10(2)6-8-14(11)9-7-13(3,4)16/h6,8,16H,5,7,9H2,1-4H3. The average molecular weight is 239 g/mol. The Bertz CT molecular complexity index is 388. The molecule has 0 radical (unpaired) electrons. The van der Waals surface area contributed by atoms with Gasteiger partial charge in [0.1, 0.15) is 5.69 Å². The monoisotopic (exact) mass is 239 g/mol. The predicted molar refractivity (Wildman–Crippen MR) is 66.0 cm³/mol. The van der Waals surface area contributed by atoms with Crippen molar-refractivity contribution in [2.75, 3.05) is 6.61 Å². The van der Waals surface area contributed by atoms with E-state index in [0.29, 0.717) is 25.3 Å². The fraction of sp³-hybridized carbons (Fsp3) is 0.615. The SMILES string of the molecule is CCOC(=O)c1c(C)ccn1CCC(C)(C)O. The molecule has 0 atom stereocenters. The lowest BCUT2D eigenvalue weighted by molar-refractivity contribution is 0.0495. The Kier molecular flexibility index (Phi) is 4.34. The third-order valence-electron chi connectivity index (χ3n) is 2.60. The highest BCUT2D eigenvalue weighted by atomic mass is 16.5. The lowest BCUT2D eigenvalue weighted by atomic mass is 10.1. The minimum Gasteiger partial charge on any atom is -0.461 e. The number of rotatable bonds is 5. The van der Waals surface area contributed by atoms with Crippen molar-refractivity contribution in [1.82, 2.24) is 4.57 Å². The van der Waals surface area contributed by atoms with Crippen molar-refractivity contribution in [3.8, 4) is 0 Å². The molecular weight excluding hydrogens is 218 g/mol. The molecule has 0 bridgehead atoms. The summed E-state index contributed by atoms with van der Waals surface area (Å²) < 4.78 is 6.86. The predicted octanol–water partition coefficient (Wildman–Crippen LogP) is 2.13. The molecule has 1 N–H and O–H groups in total. The molecule has 0 aliphatic carbocycles. The Morgan fingerprint density at radius 2 is 2.18 bits per heavy atom. The van der Waals surface area contributed by atoms with Gasteiger partial charge in [-0.3, -0.25) is 0 Å². The molecule has 1 rings (SSSR count). The molecule has 0 saturated carbocycles. The summed E-state index contributed by atoms with van der Waals surface area (Å²) in [7, 11) is 0. The number of nitrogens with zero attached hydrogens (tertiary/aromatic N) is 1. The number of ether oxygens (including phenoxy) is 1. The van der Waals surface area contributed by atoms with Crippen molar-refractivity contribution in [2.45, 2.75) is 46.3 Å². The van der Waals surface area contributed by atoms with Gasteiger partial charge in [-0.25, -0.2) is 4.79 Å². The fourth-order valence-corrected chi connectivity index (χ4v) is 1.64. The first-order valence-electron chi connectivity index (χ1n) is 5.90. The van der Waals surface area contributed by atoms with Gasteiger partial charge < -0.3 is 14.4 Å². The number of aliphatic hydroxyl groups is 1. The zero-order chi connectivity index (χ0) is 13.1. The highest BCUT2D eigenvalue weighted by molar-refractivity contribution is 5.89. The first-order chi connectivity index (χ1) is 7.85. The average Bonchev–Trinajstić information content (AvgIpc) is 2.56. The Morgan fingerprint density at radius 1 is 1.53 bits per heavy atom. The van der Waals surface area contributed by atoms with Crippen molar-refractivity contribution in [3.05, 3.63) is 23.5 Å². The first kappa shape index (κ1) is 13.8. The summed E-state index contributed by atoms with van der Waals surface area (Å²) in [4.78, 5) is 11.8. The third kappa shape index (κ3) is 3.89. The molecule has 0 amide bonds. The molecule has 0 fully saturated rings. The zero-order valence-corrected chi connectivity index (χ0v) is 11.0. The Hall–Kier alpha value is -1.29. The number of aryl methyl sites for hydroxylation is 2. The maximum absolute atomic E-state index is 11.8. The van der Waals surface area contributed by atoms with E-state index in [1.165, 1.54) is 0 Å². The molecule has 1 heterocycles. The van der Waals surface area contributed by atoms with Gasteiger partial charge in [-0.15, -0.1) is 0 Å². The van der Waals surface area contributed by atoms with E-state index in [1.54, 1.807) is 20.8 Å². The van der Waals surface area contributed by atoms with E-state index < -0.39 is 5.60 Å². The van der Waals surface area contributed by atoms with Crippen molar-refractivity contribution in [1.29, 1.82) is 0 Å². The summed E-state index contributed by atoms with van der Waals surface area (Å²) >= 11 is 0. The molecule has 0 aliphatic heterocycles. The van der Waals surface area contributed by atoms with Gasteiger partial charge in [-0.05, 0) is 45.7 Å². The molecule has 1 aromatic heterocycles. The lowest BCUT2D eigenvalue weighted by Gasteiger charge is -2.18. The number of hydrogen-bond acceptors (Lipinski definition) is 3. The Morgan fingerprint density at radius 3 is 2.71 bits per heavy atom. The van der Waals surface area contributed by atoms with E-state index in [9.17, 15) is 9.90 Å². The number of aromatic nitrogens is 1. The largest absolute Gasteiger partial charge is 0.461 e. The van der Waals surface area contributed by atoms with Crippen molar-refractivity contribution >= 4 is 5.97 Å². The van der Waals surface area contributed by atoms with Crippen LogP contribution in [0.25, 0.3) is 0 Å². The van der Waals surface area contributed by atoms with E-state index in [1.807, 2.05) is 23.8 Å². The maximum Gasteiger partial charge on any atom is 0.355 e. The first-order valence-corrected chi connectivity index (χ1v) is 5.90. The van der Waals surface area contributed by atoms with Crippen LogP contribution in [0.5, 0.6) is 0 Å². The Balaban J connectivity index is 2.83. The van der Waals surface area contributed by atoms with Crippen molar-refractivity contribution < 1.29 is 14.6 Å². The van der Waals surface area contributed by atoms with Crippen LogP contribution in [0, 0.1) is 6.92 Å². The summed E-state index contributed by atoms with van der Waals surface area (Å²) in [6.07, 6.45) is 2.45. The molecule has 0 saturated heterocycles. The normalized spacial score (nSPS) is 11.6. The highest BCUT2D eigenvalue weighted by Crippen LogP contribution is 2.15. The van der Waals surface area contributed by atoms with Crippen LogP contribution in [0.15, 0.2) is 12.3 Å². The van der Waals surface area contributed by atoms with E-state index in [4.69, 9.17) is 4.74 Å². The zero-order valence-electron chi connectivity index (χ0n) is 11.0. The van der Waals surface area contributed by atoms with Crippen molar-refractivity contribution in [2.24, 2.45) is 0 Å². The molecule has 96 valence electrons. The molecule has 4 heteroatoms. The van der Waals surface area contributed by atoms with Gasteiger partial charge in [0.2, 0.25) is 0 Å². The van der Waals surface area contributed by atoms with Gasteiger partial charge in [0.15, 0.2) is 0 Å². The quantitative estimate of drug-likeness (QED) is 0.801. The van der Waals surface area contributed by atoms with Crippen LogP contribution in [-0.2, 0) is 11.3 Å². The number of carbonyl (C=O) groups is 1. The highest BCUT2D eigenvalue weighted by Gasteiger charge is 2.18. The summed E-state index contributed by atoms with van der Waals surface area (Å²) in [5.41, 5.74) is 0.750. The Labute approximate surface area is 102 Å². The smallest absolute Gasteiger partial charge is 0.355 e. The number of carbonyl (C=O) groups excluding carboxylic acids is 1. The van der Waals surface area contributed by atoms with Crippen LogP contribution in [0.1, 0.15) is 43.2 Å². The lowest BCUT2D eigenvalue weighted by Crippen LogP contribution is -2.22. The van der Waals surface area contributed by atoms with Gasteiger partial charge in [0.05, 0.1) is 12.2 Å². The molecule has 0 aromatic carbocycles. The van der Waals surface area contributed by atoms with Gasteiger partial charge in [0, 0.05) is 12.7 Å². The van der Waals surface area contributed by atoms with Crippen LogP contribution >= 0.6 is 0 Å². The summed E-state index contributed by atoms with van der Waals surface area (Å²) in [5, 5.41) is 9.69. The number of hydrogen-bond donors (Lipinski definition) is 1. The van der Waals surface area contributed by atoms with E-state index in [-0.39, 0.29) is 5.97 Å². The topological polar surface area (TPSA) is 51.5 Å². The van der Waals surface area contributed by atoms with Crippen LogP contribution in [0.3, 0.4) is 0 Å². The van der Waals surface area contributed by atoms with Crippen LogP contribution < -0.4 is 0 Å². The summed E-state index contributed by atoms with van der Waals surface area (Å²) in [6, 6.07) is 1.89. The van der Waals surface area contributed by atoms with Crippen LogP contribution in [0.2, 0.25) is 0 Å². The van der Waals surface area contributed by atoms with Crippen LogP contribution in [0.4, 0.5) is 0 Å². The minimum atomic E-state index is -0.732. The van der Waals surface area contributed by atoms with E-state index in [0.717, 1.165) is 5.56 Å². The second kappa shape index (κ2) is 5.36. The van der Waals surface area contributed by atoms with E-state index >= 15 is 0 Å². The molecule has 0 unspecified atom stereocenters. The second-order valence-corrected chi connectivity index (χ2v) is 4.82. The molecule has 1 aromatic rings. The van der Waals surface area contributed by atoms with Gasteiger partial charge in [-0.1, -0.05) is 0 Å². The molecule has 0 spiro atoms. The summed E-state index contributed by atoms with van der Waals surface area (Å²) in [5.74, 6) is -0.300. The fourth-order valence-electron chi connectivity index (χ4n) is 1.64. The second-order valence-electron chi connectivity index (χ2n) is 4.82. The molecule has 4 nitrogen and oxygen atoms in total. The van der Waals surface area contributed by atoms with Gasteiger partial charge in [0.25, 0.3) is 0 Å². The number of esters is 1. The molecule has 0 aliphatic rings. The van der Waals surface area contributed by atoms with Gasteiger partial charge in [-0.2, -0.15) is 0 Å². The summed E-state index contributed by atoms with van der Waals surface area (Å²) in [6.45, 7) is 8.16. The molecule has 17 heavy (non-hydrogen) atoms. The van der Waals surface area contributed by atoms with E-state index in [2.05, 4.69) is 0 Å². The van der Waals surface area contributed by atoms with Crippen LogP contribution in [-0.4, -0.2) is 27.9 Å². The maximum atomic E-state index is 11.8. The minimum absolute atomic E-state index is 0.300.